The van der Waals surface area contributed by atoms with Crippen LogP contribution < -0.4 is 4.90 Å². The molecule has 1 saturated heterocycles. The number of fused-ring (bicyclic) bond motifs is 3. The number of hydrogen-bond donors (Lipinski definition) is 0. The van der Waals surface area contributed by atoms with E-state index in [4.69, 9.17) is 9.98 Å². The van der Waals surface area contributed by atoms with Gasteiger partial charge in [-0.3, -0.25) is 14.8 Å². The number of aromatic nitrogens is 1. The molecule has 1 aromatic carbocycles. The van der Waals surface area contributed by atoms with Gasteiger partial charge in [0.05, 0.1) is 18.7 Å². The van der Waals surface area contributed by atoms with Crippen molar-refractivity contribution >= 4 is 28.8 Å². The third-order valence-corrected chi connectivity index (χ3v) is 5.79. The molecule has 29 heavy (non-hydrogen) atoms. The second kappa shape index (κ2) is 7.40. The highest BCUT2D eigenvalue weighted by atomic mass is 16.1. The number of amidine groups is 2. The standard InChI is InChI=1S/C22H24N6O/c1-26-9-11-27(12-10-26)17-4-5-18-19(13-17)25-21(28-8-7-24-22(18)28)14-20(29)16-3-2-6-23-15-16/h2-6,13,15H,7-12,14H2,1H3. The number of rotatable bonds is 4. The number of carbonyl (C=O) groups excluding carboxylic acids is 1. The quantitative estimate of drug-likeness (QED) is 0.752. The Hall–Kier alpha value is -3.06. The number of benzene rings is 1. The SMILES string of the molecule is CN1CCN(c2ccc3c(c2)N=C(CC(=O)c2cccnc2)N2CCN=C32)CC1. The maximum absolute atomic E-state index is 12.8. The molecule has 0 bridgehead atoms. The second-order valence-electron chi connectivity index (χ2n) is 7.72. The minimum atomic E-state index is 0.0294. The van der Waals surface area contributed by atoms with Crippen LogP contribution in [0.1, 0.15) is 22.3 Å². The van der Waals surface area contributed by atoms with Gasteiger partial charge in [0.15, 0.2) is 5.78 Å². The summed E-state index contributed by atoms with van der Waals surface area (Å²) in [5.74, 6) is 1.74. The Balaban J connectivity index is 1.46. The van der Waals surface area contributed by atoms with Gasteiger partial charge in [0, 0.05) is 61.9 Å². The highest BCUT2D eigenvalue weighted by molar-refractivity contribution is 6.21. The van der Waals surface area contributed by atoms with Crippen molar-refractivity contribution in [2.45, 2.75) is 6.42 Å². The molecule has 2 aromatic rings. The highest BCUT2D eigenvalue weighted by Gasteiger charge is 2.31. The van der Waals surface area contributed by atoms with Crippen molar-refractivity contribution in [3.63, 3.8) is 0 Å². The fraction of sp³-hybridized carbons (Fsp3) is 0.364. The van der Waals surface area contributed by atoms with Crippen LogP contribution in [-0.4, -0.2) is 78.6 Å². The minimum Gasteiger partial charge on any atom is -0.369 e. The van der Waals surface area contributed by atoms with Crippen LogP contribution in [0.25, 0.3) is 0 Å². The summed E-state index contributed by atoms with van der Waals surface area (Å²) >= 11 is 0. The Labute approximate surface area is 170 Å². The molecular formula is C22H24N6O. The Bertz CT molecular complexity index is 992. The smallest absolute Gasteiger partial charge is 0.171 e. The number of anilines is 1. The Morgan fingerprint density at radius 1 is 1.10 bits per heavy atom. The first kappa shape index (κ1) is 18.0. The number of Topliss-reactive ketones (excluding diaryl/α,β-unsaturated/α-hetero) is 1. The predicted octanol–water partition coefficient (Wildman–Crippen LogP) is 2.21. The molecule has 1 fully saturated rings. The number of ketones is 1. The van der Waals surface area contributed by atoms with E-state index in [9.17, 15) is 4.79 Å². The van der Waals surface area contributed by atoms with Crippen molar-refractivity contribution in [2.75, 3.05) is 51.2 Å². The molecule has 0 radical (unpaired) electrons. The fourth-order valence-electron chi connectivity index (χ4n) is 4.10. The van der Waals surface area contributed by atoms with Gasteiger partial charge in [-0.25, -0.2) is 4.99 Å². The average Bonchev–Trinajstić information content (AvgIpc) is 3.25. The Kier molecular flexibility index (Phi) is 4.60. The monoisotopic (exact) mass is 388 g/mol. The molecule has 0 amide bonds. The highest BCUT2D eigenvalue weighted by Crippen LogP contribution is 2.33. The van der Waals surface area contributed by atoms with Gasteiger partial charge >= 0.3 is 0 Å². The summed E-state index contributed by atoms with van der Waals surface area (Å²) in [6.07, 6.45) is 3.54. The molecule has 0 saturated carbocycles. The minimum absolute atomic E-state index is 0.0294. The molecule has 4 heterocycles. The lowest BCUT2D eigenvalue weighted by molar-refractivity contribution is 0.0998. The van der Waals surface area contributed by atoms with Crippen LogP contribution in [0.2, 0.25) is 0 Å². The summed E-state index contributed by atoms with van der Waals surface area (Å²) in [4.78, 5) is 33.3. The molecule has 0 atom stereocenters. The normalized spacial score (nSPS) is 18.8. The third kappa shape index (κ3) is 3.42. The van der Waals surface area contributed by atoms with Crippen molar-refractivity contribution in [1.29, 1.82) is 0 Å². The molecule has 7 nitrogen and oxygen atoms in total. The van der Waals surface area contributed by atoms with Crippen LogP contribution in [0, 0.1) is 0 Å². The van der Waals surface area contributed by atoms with Crippen molar-refractivity contribution in [3.8, 4) is 0 Å². The molecule has 3 aliphatic rings. The molecule has 0 N–H and O–H groups in total. The van der Waals surface area contributed by atoms with Gasteiger partial charge in [0.1, 0.15) is 11.7 Å². The molecule has 148 valence electrons. The number of aliphatic imine (C=N–C) groups is 2. The van der Waals surface area contributed by atoms with Crippen molar-refractivity contribution in [3.05, 3.63) is 53.9 Å². The zero-order valence-electron chi connectivity index (χ0n) is 16.6. The van der Waals surface area contributed by atoms with Gasteiger partial charge in [-0.2, -0.15) is 0 Å². The van der Waals surface area contributed by atoms with Gasteiger partial charge in [0.2, 0.25) is 0 Å². The van der Waals surface area contributed by atoms with E-state index in [2.05, 4.69) is 44.9 Å². The number of hydrogen-bond acceptors (Lipinski definition) is 7. The average molecular weight is 388 g/mol. The zero-order valence-corrected chi connectivity index (χ0v) is 16.6. The van der Waals surface area contributed by atoms with Crippen LogP contribution in [0.5, 0.6) is 0 Å². The van der Waals surface area contributed by atoms with Crippen LogP contribution >= 0.6 is 0 Å². The van der Waals surface area contributed by atoms with Gasteiger partial charge in [-0.1, -0.05) is 0 Å². The molecule has 1 aromatic heterocycles. The molecule has 0 aliphatic carbocycles. The second-order valence-corrected chi connectivity index (χ2v) is 7.72. The fourth-order valence-corrected chi connectivity index (χ4v) is 4.10. The first-order chi connectivity index (χ1) is 14.2. The summed E-state index contributed by atoms with van der Waals surface area (Å²) in [5.41, 5.74) is 3.76. The topological polar surface area (TPSA) is 64.4 Å². The van der Waals surface area contributed by atoms with E-state index in [0.717, 1.165) is 62.2 Å². The molecule has 3 aliphatic heterocycles. The first-order valence-corrected chi connectivity index (χ1v) is 10.1. The van der Waals surface area contributed by atoms with Gasteiger partial charge < -0.3 is 14.7 Å². The summed E-state index contributed by atoms with van der Waals surface area (Å²) in [5, 5.41) is 0. The molecular weight excluding hydrogens is 364 g/mol. The molecule has 5 rings (SSSR count). The van der Waals surface area contributed by atoms with E-state index in [0.29, 0.717) is 5.56 Å². The van der Waals surface area contributed by atoms with Crippen LogP contribution in [0.15, 0.2) is 52.7 Å². The summed E-state index contributed by atoms with van der Waals surface area (Å²) in [6, 6.07) is 10.0. The van der Waals surface area contributed by atoms with E-state index < -0.39 is 0 Å². The zero-order chi connectivity index (χ0) is 19.8. The number of piperazine rings is 1. The Morgan fingerprint density at radius 3 is 2.76 bits per heavy atom. The van der Waals surface area contributed by atoms with E-state index in [1.54, 1.807) is 24.5 Å². The summed E-state index contributed by atoms with van der Waals surface area (Å²) in [6.45, 7) is 5.65. The maximum atomic E-state index is 12.8. The van der Waals surface area contributed by atoms with E-state index >= 15 is 0 Å². The van der Waals surface area contributed by atoms with Crippen molar-refractivity contribution < 1.29 is 4.79 Å². The van der Waals surface area contributed by atoms with Crippen LogP contribution in [0.4, 0.5) is 11.4 Å². The molecule has 0 unspecified atom stereocenters. The van der Waals surface area contributed by atoms with Crippen LogP contribution in [0.3, 0.4) is 0 Å². The molecule has 7 heteroatoms. The van der Waals surface area contributed by atoms with Gasteiger partial charge in [0.25, 0.3) is 0 Å². The van der Waals surface area contributed by atoms with Crippen molar-refractivity contribution in [1.82, 2.24) is 14.8 Å². The van der Waals surface area contributed by atoms with Gasteiger partial charge in [-0.05, 0) is 37.4 Å². The predicted molar refractivity (Wildman–Crippen MR) is 115 cm³/mol. The molecule has 0 spiro atoms. The lowest BCUT2D eigenvalue weighted by Crippen LogP contribution is -2.44. The van der Waals surface area contributed by atoms with E-state index in [1.165, 1.54) is 5.69 Å². The Morgan fingerprint density at radius 2 is 1.97 bits per heavy atom. The number of likely N-dealkylation sites (N-methyl/N-ethyl adjacent to an activating group) is 1. The van der Waals surface area contributed by atoms with Crippen molar-refractivity contribution in [2.24, 2.45) is 9.98 Å². The van der Waals surface area contributed by atoms with E-state index in [1.807, 2.05) is 0 Å². The lowest BCUT2D eigenvalue weighted by atomic mass is 10.0. The number of pyridine rings is 1. The van der Waals surface area contributed by atoms with Gasteiger partial charge in [-0.15, -0.1) is 0 Å². The number of nitrogens with zero attached hydrogens (tertiary/aromatic N) is 6. The lowest BCUT2D eigenvalue weighted by Gasteiger charge is -2.35. The summed E-state index contributed by atoms with van der Waals surface area (Å²) < 4.78 is 0. The first-order valence-electron chi connectivity index (χ1n) is 10.1. The van der Waals surface area contributed by atoms with Crippen LogP contribution in [-0.2, 0) is 0 Å². The third-order valence-electron chi connectivity index (χ3n) is 5.79. The summed E-state index contributed by atoms with van der Waals surface area (Å²) in [7, 11) is 2.16. The largest absolute Gasteiger partial charge is 0.369 e. The van der Waals surface area contributed by atoms with E-state index in [-0.39, 0.29) is 12.2 Å². The number of carbonyl (C=O) groups is 1. The maximum Gasteiger partial charge on any atom is 0.171 e.